The Bertz CT molecular complexity index is 199. The third kappa shape index (κ3) is 4.15. The van der Waals surface area contributed by atoms with Crippen LogP contribution in [0, 0.1) is 0 Å². The third-order valence-corrected chi connectivity index (χ3v) is 2.56. The normalized spacial score (nSPS) is 21.7. The Kier molecular flexibility index (Phi) is 5.60. The highest BCUT2D eigenvalue weighted by Gasteiger charge is 2.22. The van der Waals surface area contributed by atoms with Gasteiger partial charge in [0.05, 0.1) is 12.6 Å². The maximum Gasteiger partial charge on any atom is 0.236 e. The van der Waals surface area contributed by atoms with Gasteiger partial charge in [-0.1, -0.05) is 0 Å². The van der Waals surface area contributed by atoms with E-state index in [-0.39, 0.29) is 25.2 Å². The van der Waals surface area contributed by atoms with E-state index in [0.29, 0.717) is 19.6 Å². The lowest BCUT2D eigenvalue weighted by molar-refractivity contribution is -0.133. The molecule has 1 rings (SSSR count). The molecule has 88 valence electrons. The number of carbonyl (C=O) groups is 1. The largest absolute Gasteiger partial charge is 0.396 e. The molecule has 3 N–H and O–H groups in total. The van der Waals surface area contributed by atoms with Crippen molar-refractivity contribution >= 4 is 5.91 Å². The molecule has 0 spiro atoms. The second-order valence-corrected chi connectivity index (χ2v) is 3.76. The molecule has 1 aliphatic heterocycles. The van der Waals surface area contributed by atoms with Crippen molar-refractivity contribution in [2.24, 2.45) is 5.73 Å². The molecule has 1 fully saturated rings. The molecular formula is C10H20N2O3. The average molecular weight is 216 g/mol. The van der Waals surface area contributed by atoms with Crippen LogP contribution in [0.15, 0.2) is 0 Å². The number of carbonyl (C=O) groups excluding carboxylic acids is 1. The number of aliphatic hydroxyl groups excluding tert-OH is 1. The van der Waals surface area contributed by atoms with Gasteiger partial charge in [0.25, 0.3) is 0 Å². The van der Waals surface area contributed by atoms with Crippen LogP contribution in [0.5, 0.6) is 0 Å². The second kappa shape index (κ2) is 6.76. The van der Waals surface area contributed by atoms with Crippen LogP contribution in [0.4, 0.5) is 0 Å². The number of piperidine rings is 1. The fraction of sp³-hybridized carbons (Fsp3) is 0.900. The summed E-state index contributed by atoms with van der Waals surface area (Å²) in [6.07, 6.45) is 2.72. The summed E-state index contributed by atoms with van der Waals surface area (Å²) in [7, 11) is 0. The molecule has 0 aromatic rings. The Labute approximate surface area is 90.2 Å². The number of hydrogen-bond acceptors (Lipinski definition) is 4. The fourth-order valence-electron chi connectivity index (χ4n) is 1.74. The van der Waals surface area contributed by atoms with Crippen LogP contribution in [-0.4, -0.2) is 54.9 Å². The van der Waals surface area contributed by atoms with Gasteiger partial charge in [0.2, 0.25) is 5.91 Å². The number of hydrogen-bond donors (Lipinski definition) is 2. The molecule has 0 bridgehead atoms. The van der Waals surface area contributed by atoms with E-state index in [4.69, 9.17) is 15.6 Å². The number of rotatable bonds is 5. The summed E-state index contributed by atoms with van der Waals surface area (Å²) in [6, 6.07) is 0. The summed E-state index contributed by atoms with van der Waals surface area (Å²) in [5, 5.41) is 8.61. The lowest BCUT2D eigenvalue weighted by Crippen LogP contribution is -2.45. The van der Waals surface area contributed by atoms with Crippen molar-refractivity contribution in [2.75, 3.05) is 32.8 Å². The van der Waals surface area contributed by atoms with Crippen LogP contribution in [0.1, 0.15) is 19.3 Å². The third-order valence-electron chi connectivity index (χ3n) is 2.56. The molecule has 0 aromatic heterocycles. The van der Waals surface area contributed by atoms with E-state index in [1.807, 2.05) is 0 Å². The van der Waals surface area contributed by atoms with E-state index in [2.05, 4.69) is 0 Å². The fourth-order valence-corrected chi connectivity index (χ4v) is 1.74. The lowest BCUT2D eigenvalue weighted by atomic mass is 10.1. The molecule has 1 heterocycles. The standard InChI is InChI=1S/C10H20N2O3/c11-7-10(14)12-4-1-3-9(8-12)15-6-2-5-13/h9,13H,1-8,11H2. The minimum atomic E-state index is -0.00884. The molecule has 15 heavy (non-hydrogen) atoms. The molecule has 1 saturated heterocycles. The number of amides is 1. The van der Waals surface area contributed by atoms with E-state index in [1.54, 1.807) is 4.90 Å². The minimum absolute atomic E-state index is 0.00884. The van der Waals surface area contributed by atoms with Crippen LogP contribution < -0.4 is 5.73 Å². The number of likely N-dealkylation sites (tertiary alicyclic amines) is 1. The molecular weight excluding hydrogens is 196 g/mol. The summed E-state index contributed by atoms with van der Waals surface area (Å²) < 4.78 is 5.55. The first-order valence-corrected chi connectivity index (χ1v) is 5.48. The minimum Gasteiger partial charge on any atom is -0.396 e. The predicted octanol–water partition coefficient (Wildman–Crippen LogP) is -0.665. The van der Waals surface area contributed by atoms with Crippen LogP contribution >= 0.6 is 0 Å². The smallest absolute Gasteiger partial charge is 0.236 e. The number of ether oxygens (including phenoxy) is 1. The summed E-state index contributed by atoms with van der Waals surface area (Å²) in [4.78, 5) is 13.1. The molecule has 1 atom stereocenters. The lowest BCUT2D eigenvalue weighted by Gasteiger charge is -2.32. The van der Waals surface area contributed by atoms with Crippen LogP contribution in [-0.2, 0) is 9.53 Å². The van der Waals surface area contributed by atoms with Gasteiger partial charge in [0.1, 0.15) is 0 Å². The van der Waals surface area contributed by atoms with E-state index >= 15 is 0 Å². The molecule has 0 aromatic carbocycles. The van der Waals surface area contributed by atoms with E-state index in [9.17, 15) is 4.79 Å². The second-order valence-electron chi connectivity index (χ2n) is 3.76. The molecule has 5 heteroatoms. The zero-order chi connectivity index (χ0) is 11.1. The van der Waals surface area contributed by atoms with Gasteiger partial charge >= 0.3 is 0 Å². The molecule has 0 radical (unpaired) electrons. The molecule has 0 aliphatic carbocycles. The van der Waals surface area contributed by atoms with Crippen molar-refractivity contribution in [1.29, 1.82) is 0 Å². The zero-order valence-corrected chi connectivity index (χ0v) is 9.02. The highest BCUT2D eigenvalue weighted by Crippen LogP contribution is 2.13. The molecule has 1 amide bonds. The van der Waals surface area contributed by atoms with Crippen molar-refractivity contribution in [3.63, 3.8) is 0 Å². The van der Waals surface area contributed by atoms with Crippen LogP contribution in [0.3, 0.4) is 0 Å². The summed E-state index contributed by atoms with van der Waals surface area (Å²) in [5.41, 5.74) is 5.30. The molecule has 0 saturated carbocycles. The average Bonchev–Trinajstić information content (AvgIpc) is 2.29. The van der Waals surface area contributed by atoms with Crippen molar-refractivity contribution < 1.29 is 14.6 Å². The van der Waals surface area contributed by atoms with Gasteiger partial charge in [0, 0.05) is 26.3 Å². The van der Waals surface area contributed by atoms with E-state index in [0.717, 1.165) is 19.4 Å². The van der Waals surface area contributed by atoms with Crippen LogP contribution in [0.25, 0.3) is 0 Å². The Morgan fingerprint density at radius 3 is 3.07 bits per heavy atom. The Balaban J connectivity index is 2.26. The SMILES string of the molecule is NCC(=O)N1CCCC(OCCCO)C1. The Hall–Kier alpha value is -0.650. The van der Waals surface area contributed by atoms with Crippen LogP contribution in [0.2, 0.25) is 0 Å². The van der Waals surface area contributed by atoms with Gasteiger partial charge in [0.15, 0.2) is 0 Å². The van der Waals surface area contributed by atoms with E-state index < -0.39 is 0 Å². The molecule has 5 nitrogen and oxygen atoms in total. The van der Waals surface area contributed by atoms with E-state index in [1.165, 1.54) is 0 Å². The molecule has 1 aliphatic rings. The Morgan fingerprint density at radius 2 is 2.40 bits per heavy atom. The number of nitrogens with two attached hydrogens (primary N) is 1. The van der Waals surface area contributed by atoms with Crippen molar-refractivity contribution in [2.45, 2.75) is 25.4 Å². The van der Waals surface area contributed by atoms with Crippen molar-refractivity contribution in [1.82, 2.24) is 4.90 Å². The van der Waals surface area contributed by atoms with Gasteiger partial charge in [-0.2, -0.15) is 0 Å². The zero-order valence-electron chi connectivity index (χ0n) is 9.02. The van der Waals surface area contributed by atoms with Gasteiger partial charge in [-0.05, 0) is 19.3 Å². The highest BCUT2D eigenvalue weighted by atomic mass is 16.5. The first-order chi connectivity index (χ1) is 7.27. The molecule has 1 unspecified atom stereocenters. The first kappa shape index (κ1) is 12.4. The van der Waals surface area contributed by atoms with Gasteiger partial charge in [-0.15, -0.1) is 0 Å². The summed E-state index contributed by atoms with van der Waals surface area (Å²) in [6.45, 7) is 2.21. The maximum absolute atomic E-state index is 11.3. The first-order valence-electron chi connectivity index (χ1n) is 5.48. The summed E-state index contributed by atoms with van der Waals surface area (Å²) >= 11 is 0. The van der Waals surface area contributed by atoms with Gasteiger partial charge in [-0.3, -0.25) is 4.79 Å². The van der Waals surface area contributed by atoms with Crippen molar-refractivity contribution in [3.05, 3.63) is 0 Å². The van der Waals surface area contributed by atoms with Gasteiger partial charge in [-0.25, -0.2) is 0 Å². The van der Waals surface area contributed by atoms with Gasteiger partial charge < -0.3 is 20.5 Å². The maximum atomic E-state index is 11.3. The summed E-state index contributed by atoms with van der Waals surface area (Å²) in [5.74, 6) is -0.00884. The topological polar surface area (TPSA) is 75.8 Å². The Morgan fingerprint density at radius 1 is 1.60 bits per heavy atom. The monoisotopic (exact) mass is 216 g/mol. The number of nitrogens with zero attached hydrogens (tertiary/aromatic N) is 1. The quantitative estimate of drug-likeness (QED) is 0.598. The van der Waals surface area contributed by atoms with Crippen molar-refractivity contribution in [3.8, 4) is 0 Å². The number of aliphatic hydroxyl groups is 1. The highest BCUT2D eigenvalue weighted by molar-refractivity contribution is 5.78. The predicted molar refractivity (Wildman–Crippen MR) is 56.3 cm³/mol.